The fourth-order valence-electron chi connectivity index (χ4n) is 2.08. The van der Waals surface area contributed by atoms with Gasteiger partial charge in [-0.1, -0.05) is 19.8 Å². The Labute approximate surface area is 104 Å². The van der Waals surface area contributed by atoms with E-state index in [1.807, 2.05) is 6.07 Å². The molecule has 0 radical (unpaired) electrons. The highest BCUT2D eigenvalue weighted by atomic mass is 16.4. The second-order valence-electron chi connectivity index (χ2n) is 4.88. The van der Waals surface area contributed by atoms with Crippen molar-refractivity contribution < 1.29 is 9.52 Å². The fraction of sp³-hybridized carbons (Fsp3) is 0.714. The number of aliphatic hydroxyl groups excluding tert-OH is 1. The van der Waals surface area contributed by atoms with E-state index >= 15 is 0 Å². The third-order valence-electron chi connectivity index (χ3n) is 3.01. The summed E-state index contributed by atoms with van der Waals surface area (Å²) in [6.07, 6.45) is 5.45. The number of aliphatic hydroxyl groups is 1. The van der Waals surface area contributed by atoms with E-state index < -0.39 is 6.10 Å². The molecule has 98 valence electrons. The van der Waals surface area contributed by atoms with E-state index in [4.69, 9.17) is 4.42 Å². The lowest BCUT2D eigenvalue weighted by atomic mass is 10.1. The van der Waals surface area contributed by atoms with Crippen LogP contribution in [0.2, 0.25) is 0 Å². The highest BCUT2D eigenvalue weighted by molar-refractivity contribution is 5.02. The summed E-state index contributed by atoms with van der Waals surface area (Å²) in [5.74, 6) is 0.653. The van der Waals surface area contributed by atoms with Gasteiger partial charge >= 0.3 is 0 Å². The highest BCUT2D eigenvalue weighted by Crippen LogP contribution is 2.18. The van der Waals surface area contributed by atoms with Crippen LogP contribution < -0.4 is 5.32 Å². The molecule has 3 atom stereocenters. The molecule has 3 unspecified atom stereocenters. The Morgan fingerprint density at radius 2 is 2.12 bits per heavy atom. The monoisotopic (exact) mass is 239 g/mol. The summed E-state index contributed by atoms with van der Waals surface area (Å²) in [4.78, 5) is 0. The topological polar surface area (TPSA) is 45.4 Å². The molecule has 3 heteroatoms. The van der Waals surface area contributed by atoms with Crippen LogP contribution in [0.5, 0.6) is 0 Å². The van der Waals surface area contributed by atoms with Crippen molar-refractivity contribution in [1.82, 2.24) is 5.32 Å². The minimum Gasteiger partial charge on any atom is -0.467 e. The van der Waals surface area contributed by atoms with Crippen molar-refractivity contribution in [2.45, 2.75) is 64.6 Å². The van der Waals surface area contributed by atoms with Crippen LogP contribution in [-0.2, 0) is 0 Å². The smallest absolute Gasteiger partial charge is 0.132 e. The number of hydrogen-bond donors (Lipinski definition) is 2. The van der Waals surface area contributed by atoms with Gasteiger partial charge in [-0.2, -0.15) is 0 Å². The van der Waals surface area contributed by atoms with E-state index in [-0.39, 0.29) is 0 Å². The van der Waals surface area contributed by atoms with Crippen molar-refractivity contribution in [3.63, 3.8) is 0 Å². The number of nitrogens with one attached hydrogen (secondary N) is 1. The molecule has 1 aromatic rings. The largest absolute Gasteiger partial charge is 0.467 e. The van der Waals surface area contributed by atoms with Gasteiger partial charge in [0.15, 0.2) is 0 Å². The molecule has 2 N–H and O–H groups in total. The molecule has 0 spiro atoms. The highest BCUT2D eigenvalue weighted by Gasteiger charge is 2.15. The standard InChI is InChI=1S/C14H25NO2/c1-4-5-7-11(2)15-12(3)10-13(16)14-8-6-9-17-14/h6,8-9,11-13,15-16H,4-5,7,10H2,1-3H3. The first kappa shape index (κ1) is 14.3. The van der Waals surface area contributed by atoms with Gasteiger partial charge in [-0.3, -0.25) is 0 Å². The summed E-state index contributed by atoms with van der Waals surface area (Å²) in [7, 11) is 0. The van der Waals surface area contributed by atoms with Crippen molar-refractivity contribution in [3.05, 3.63) is 24.2 Å². The lowest BCUT2D eigenvalue weighted by molar-refractivity contribution is 0.126. The zero-order chi connectivity index (χ0) is 12.7. The van der Waals surface area contributed by atoms with E-state index in [1.165, 1.54) is 19.3 Å². The molecule has 0 saturated heterocycles. The van der Waals surface area contributed by atoms with Crippen LogP contribution in [0.1, 0.15) is 58.3 Å². The molecule has 0 aliphatic heterocycles. The second kappa shape index (κ2) is 7.51. The first-order chi connectivity index (χ1) is 8.13. The van der Waals surface area contributed by atoms with Gasteiger partial charge in [-0.15, -0.1) is 0 Å². The van der Waals surface area contributed by atoms with Gasteiger partial charge in [0, 0.05) is 12.1 Å². The van der Waals surface area contributed by atoms with Gasteiger partial charge < -0.3 is 14.8 Å². The molecule has 0 bridgehead atoms. The molecule has 0 aliphatic rings. The Kier molecular flexibility index (Phi) is 6.30. The summed E-state index contributed by atoms with van der Waals surface area (Å²) < 4.78 is 5.19. The zero-order valence-electron chi connectivity index (χ0n) is 11.1. The Hall–Kier alpha value is -0.800. The predicted molar refractivity (Wildman–Crippen MR) is 69.9 cm³/mol. The van der Waals surface area contributed by atoms with Crippen LogP contribution in [0, 0.1) is 0 Å². The molecule has 1 rings (SSSR count). The second-order valence-corrected chi connectivity index (χ2v) is 4.88. The van der Waals surface area contributed by atoms with Crippen molar-refractivity contribution in [1.29, 1.82) is 0 Å². The molecule has 0 aliphatic carbocycles. The lowest BCUT2D eigenvalue weighted by Crippen LogP contribution is -2.35. The average molecular weight is 239 g/mol. The van der Waals surface area contributed by atoms with Crippen LogP contribution in [0.15, 0.2) is 22.8 Å². The summed E-state index contributed by atoms with van der Waals surface area (Å²) in [6.45, 7) is 6.51. The molecule has 0 aromatic carbocycles. The van der Waals surface area contributed by atoms with E-state index in [9.17, 15) is 5.11 Å². The van der Waals surface area contributed by atoms with Crippen LogP contribution >= 0.6 is 0 Å². The lowest BCUT2D eigenvalue weighted by Gasteiger charge is -2.21. The van der Waals surface area contributed by atoms with Crippen LogP contribution in [0.25, 0.3) is 0 Å². The predicted octanol–water partition coefficient (Wildman–Crippen LogP) is 3.26. The van der Waals surface area contributed by atoms with Crippen molar-refractivity contribution in [2.24, 2.45) is 0 Å². The minimum absolute atomic E-state index is 0.293. The van der Waals surface area contributed by atoms with Gasteiger partial charge in [0.25, 0.3) is 0 Å². The quantitative estimate of drug-likeness (QED) is 0.732. The molecule has 0 saturated carbocycles. The Morgan fingerprint density at radius 3 is 2.71 bits per heavy atom. The van der Waals surface area contributed by atoms with Crippen molar-refractivity contribution in [2.75, 3.05) is 0 Å². The van der Waals surface area contributed by atoms with Gasteiger partial charge in [-0.05, 0) is 38.8 Å². The number of hydrogen-bond acceptors (Lipinski definition) is 3. The molecule has 3 nitrogen and oxygen atoms in total. The van der Waals surface area contributed by atoms with E-state index in [0.29, 0.717) is 24.3 Å². The maximum atomic E-state index is 9.94. The van der Waals surface area contributed by atoms with Crippen LogP contribution in [0.3, 0.4) is 0 Å². The number of rotatable bonds is 8. The van der Waals surface area contributed by atoms with Crippen molar-refractivity contribution >= 4 is 0 Å². The first-order valence-electron chi connectivity index (χ1n) is 6.61. The van der Waals surface area contributed by atoms with E-state index in [0.717, 1.165) is 0 Å². The van der Waals surface area contributed by atoms with E-state index in [2.05, 4.69) is 26.1 Å². The van der Waals surface area contributed by atoms with Gasteiger partial charge in [0.1, 0.15) is 11.9 Å². The molecule has 0 amide bonds. The molecule has 17 heavy (non-hydrogen) atoms. The SMILES string of the molecule is CCCCC(C)NC(C)CC(O)c1ccco1. The van der Waals surface area contributed by atoms with Crippen LogP contribution in [-0.4, -0.2) is 17.2 Å². The number of furan rings is 1. The van der Waals surface area contributed by atoms with Gasteiger partial charge in [0.2, 0.25) is 0 Å². The summed E-state index contributed by atoms with van der Waals surface area (Å²) in [5, 5.41) is 13.4. The third-order valence-corrected chi connectivity index (χ3v) is 3.01. The summed E-state index contributed by atoms with van der Waals surface area (Å²) in [6, 6.07) is 4.43. The van der Waals surface area contributed by atoms with Gasteiger partial charge in [0.05, 0.1) is 6.26 Å². The summed E-state index contributed by atoms with van der Waals surface area (Å²) in [5.41, 5.74) is 0. The maximum absolute atomic E-state index is 9.94. The van der Waals surface area contributed by atoms with E-state index in [1.54, 1.807) is 12.3 Å². The average Bonchev–Trinajstić information content (AvgIpc) is 2.79. The molecule has 1 heterocycles. The Bertz CT molecular complexity index is 284. The normalized spacial score (nSPS) is 16.7. The van der Waals surface area contributed by atoms with Crippen LogP contribution in [0.4, 0.5) is 0 Å². The first-order valence-corrected chi connectivity index (χ1v) is 6.61. The molecular formula is C14H25NO2. The molecule has 0 fully saturated rings. The number of unbranched alkanes of at least 4 members (excludes halogenated alkanes) is 1. The Balaban J connectivity index is 2.26. The maximum Gasteiger partial charge on any atom is 0.132 e. The van der Waals surface area contributed by atoms with Crippen molar-refractivity contribution in [3.8, 4) is 0 Å². The summed E-state index contributed by atoms with van der Waals surface area (Å²) >= 11 is 0. The zero-order valence-corrected chi connectivity index (χ0v) is 11.1. The minimum atomic E-state index is -0.508. The van der Waals surface area contributed by atoms with Gasteiger partial charge in [-0.25, -0.2) is 0 Å². The fourth-order valence-corrected chi connectivity index (χ4v) is 2.08. The third kappa shape index (κ3) is 5.37. The Morgan fingerprint density at radius 1 is 1.35 bits per heavy atom. The molecule has 1 aromatic heterocycles. The molecular weight excluding hydrogens is 214 g/mol.